The third-order valence-electron chi connectivity index (χ3n) is 10.8. The van der Waals surface area contributed by atoms with Crippen molar-refractivity contribution in [3.63, 3.8) is 0 Å². The molecule has 0 fully saturated rings. The molecule has 8 bridgehead atoms. The molecule has 48 heavy (non-hydrogen) atoms. The van der Waals surface area contributed by atoms with Crippen molar-refractivity contribution in [3.05, 3.63) is 68.8 Å². The number of carbonyl (C=O) groups is 4. The molecule has 0 radical (unpaired) electrons. The second kappa shape index (κ2) is 13.1. The van der Waals surface area contributed by atoms with Gasteiger partial charge in [0, 0.05) is 81.3 Å². The minimum Gasteiger partial charge on any atom is -0.468 e. The fourth-order valence-electron chi connectivity index (χ4n) is 8.05. The van der Waals surface area contributed by atoms with Gasteiger partial charge in [-0.25, -0.2) is 0 Å². The van der Waals surface area contributed by atoms with E-state index in [4.69, 9.17) is 14.7 Å². The van der Waals surface area contributed by atoms with Crippen molar-refractivity contribution >= 4 is 58.0 Å². The number of rotatable bonds is 9. The predicted molar refractivity (Wildman–Crippen MR) is 189 cm³/mol. The molecule has 252 valence electrons. The van der Waals surface area contributed by atoms with Gasteiger partial charge < -0.3 is 14.7 Å². The number of hydrogen-bond donors (Lipinski definition) is 3. The van der Waals surface area contributed by atoms with Crippen LogP contribution in [-0.2, 0) is 14.3 Å². The van der Waals surface area contributed by atoms with Gasteiger partial charge in [-0.2, -0.15) is 12.6 Å². The monoisotopic (exact) mass is 668 g/mol. The van der Waals surface area contributed by atoms with Gasteiger partial charge in [0.2, 0.25) is 0 Å². The Kier molecular flexibility index (Phi) is 9.24. The first-order chi connectivity index (χ1) is 22.9. The topological polar surface area (TPSA) is 135 Å². The van der Waals surface area contributed by atoms with Crippen molar-refractivity contribution in [2.45, 2.75) is 103 Å². The molecule has 1 aliphatic carbocycles. The van der Waals surface area contributed by atoms with E-state index < -0.39 is 11.9 Å². The van der Waals surface area contributed by atoms with Crippen LogP contribution >= 0.6 is 12.6 Å². The Morgan fingerprint density at radius 2 is 1.54 bits per heavy atom. The predicted octanol–water partition coefficient (Wildman–Crippen LogP) is 7.83. The average molecular weight is 669 g/mol. The number of Topliss-reactive ketones (excluding diaryl/α,β-unsaturated/α-hetero) is 3. The Morgan fingerprint density at radius 3 is 2.21 bits per heavy atom. The van der Waals surface area contributed by atoms with Gasteiger partial charge in [-0.05, 0) is 75.1 Å². The molecule has 10 heteroatoms. The van der Waals surface area contributed by atoms with Gasteiger partial charge in [0.25, 0.3) is 0 Å². The minimum atomic E-state index is -1.17. The zero-order chi connectivity index (χ0) is 34.6. The Morgan fingerprint density at radius 1 is 0.896 bits per heavy atom. The summed E-state index contributed by atoms with van der Waals surface area (Å²) in [4.78, 5) is 70.7. The van der Waals surface area contributed by atoms with Crippen LogP contribution in [-0.4, -0.2) is 56.1 Å². The Hall–Kier alpha value is -4.05. The first-order valence-electron chi connectivity index (χ1n) is 16.9. The highest BCUT2D eigenvalue weighted by Gasteiger charge is 2.45. The molecule has 2 aliphatic heterocycles. The smallest absolute Gasteiger partial charge is 0.321 e. The standard InChI is InChI=1S/C38H44N4O5S/c1-8-23-17(2)25-16-30-31(21(6)43)19(4)27(40-30)14-26-18(3)24(12-11-22(44)10-9-13-48)35(41-26)33-34(38(46)47-7)37(45)32-20(5)28(42-36(32)33)15-29(23)39-25/h14-18,23-24,34,40,42,48H,8-13H2,1-7H3/t17-,18+,23-,24+,34?/m1/s1. The third-order valence-corrected chi connectivity index (χ3v) is 11.1. The maximum Gasteiger partial charge on any atom is 0.321 e. The highest BCUT2D eigenvalue weighted by atomic mass is 32.1. The van der Waals surface area contributed by atoms with E-state index in [2.05, 4.69) is 43.4 Å². The van der Waals surface area contributed by atoms with E-state index in [1.165, 1.54) is 7.11 Å². The lowest BCUT2D eigenvalue weighted by Gasteiger charge is -2.19. The number of ketones is 3. The number of nitrogens with one attached hydrogen (secondary N) is 2. The molecular formula is C38H44N4O5S. The zero-order valence-corrected chi connectivity index (χ0v) is 29.6. The van der Waals surface area contributed by atoms with Crippen molar-refractivity contribution in [3.8, 4) is 0 Å². The van der Waals surface area contributed by atoms with Crippen molar-refractivity contribution in [2.75, 3.05) is 12.9 Å². The molecule has 0 amide bonds. The van der Waals surface area contributed by atoms with E-state index in [1.54, 1.807) is 6.92 Å². The summed E-state index contributed by atoms with van der Waals surface area (Å²) in [6.45, 7) is 11.8. The number of ether oxygens (including phenoxy) is 1. The van der Waals surface area contributed by atoms with E-state index in [1.807, 2.05) is 32.0 Å². The number of hydrogen-bond acceptors (Lipinski definition) is 8. The largest absolute Gasteiger partial charge is 0.468 e. The van der Waals surface area contributed by atoms with Gasteiger partial charge in [0.05, 0.1) is 23.8 Å². The molecule has 0 saturated heterocycles. The summed E-state index contributed by atoms with van der Waals surface area (Å²) in [7, 11) is 1.29. The van der Waals surface area contributed by atoms with E-state index >= 15 is 0 Å². The van der Waals surface area contributed by atoms with Crippen molar-refractivity contribution < 1.29 is 23.9 Å². The second-order valence-corrected chi connectivity index (χ2v) is 14.0. The summed E-state index contributed by atoms with van der Waals surface area (Å²) in [5, 5.41) is 0. The summed E-state index contributed by atoms with van der Waals surface area (Å²) in [5.41, 5.74) is 9.12. The van der Waals surface area contributed by atoms with Crippen LogP contribution in [0.25, 0.3) is 22.1 Å². The number of carbonyl (C=O) groups excluding carboxylic acids is 4. The number of fused-ring (bicyclic) bond motifs is 8. The molecule has 9 nitrogen and oxygen atoms in total. The van der Waals surface area contributed by atoms with Crippen LogP contribution in [0, 0.1) is 13.8 Å². The van der Waals surface area contributed by atoms with Crippen LogP contribution in [0.15, 0.2) is 18.2 Å². The first kappa shape index (κ1) is 33.8. The Labute approximate surface area is 286 Å². The van der Waals surface area contributed by atoms with Gasteiger partial charge in [-0.15, -0.1) is 0 Å². The molecule has 6 rings (SSSR count). The fraction of sp³-hybridized carbons (Fsp3) is 0.474. The lowest BCUT2D eigenvalue weighted by molar-refractivity contribution is -0.141. The maximum atomic E-state index is 14.2. The molecule has 3 aromatic heterocycles. The van der Waals surface area contributed by atoms with E-state index in [0.29, 0.717) is 64.9 Å². The fourth-order valence-corrected chi connectivity index (χ4v) is 8.21. The van der Waals surface area contributed by atoms with Gasteiger partial charge in [0.1, 0.15) is 11.7 Å². The number of methoxy groups -OCH3 is 1. The number of aryl methyl sites for hydroxylation is 2. The molecule has 0 aromatic carbocycles. The maximum absolute atomic E-state index is 14.2. The molecule has 2 N–H and O–H groups in total. The molecule has 5 heterocycles. The molecule has 1 unspecified atom stereocenters. The lowest BCUT2D eigenvalue weighted by Crippen LogP contribution is -2.21. The van der Waals surface area contributed by atoms with Crippen LogP contribution in [0.5, 0.6) is 0 Å². The SMILES string of the molecule is CC[C@H]1c2cc3[nH]c4c(c3C)C(=O)C(C(=O)OC)c4c3nc(cc4[nH]c(cc(n2)[C@@H]1C)c(C(C)=O)c4C)[C@@H](C)[C@@H]3CCC(=O)CCCS. The minimum absolute atomic E-state index is 0.0458. The molecule has 3 aliphatic rings. The zero-order valence-electron chi connectivity index (χ0n) is 28.7. The number of esters is 1. The van der Waals surface area contributed by atoms with Crippen LogP contribution in [0.3, 0.4) is 0 Å². The lowest BCUT2D eigenvalue weighted by atomic mass is 9.83. The number of aromatic amines is 2. The highest BCUT2D eigenvalue weighted by Crippen LogP contribution is 2.48. The summed E-state index contributed by atoms with van der Waals surface area (Å²) < 4.78 is 5.20. The Bertz CT molecular complexity index is 2020. The van der Waals surface area contributed by atoms with Gasteiger partial charge in [-0.3, -0.25) is 29.1 Å². The van der Waals surface area contributed by atoms with E-state index in [0.717, 1.165) is 45.7 Å². The first-order valence-corrected chi connectivity index (χ1v) is 17.6. The average Bonchev–Trinajstić information content (AvgIpc) is 3.79. The quantitative estimate of drug-likeness (QED) is 0.0915. The van der Waals surface area contributed by atoms with Crippen molar-refractivity contribution in [2.24, 2.45) is 0 Å². The summed E-state index contributed by atoms with van der Waals surface area (Å²) in [5.74, 6) is -1.51. The molecule has 0 spiro atoms. The van der Waals surface area contributed by atoms with E-state index in [9.17, 15) is 19.2 Å². The number of nitrogens with zero attached hydrogens (tertiary/aromatic N) is 2. The summed E-state index contributed by atoms with van der Waals surface area (Å²) in [6.07, 6.45) is 2.88. The van der Waals surface area contributed by atoms with Crippen molar-refractivity contribution in [1.29, 1.82) is 0 Å². The number of thiol groups is 1. The number of aromatic nitrogens is 4. The molecular weight excluding hydrogens is 625 g/mol. The molecule has 3 aromatic rings. The van der Waals surface area contributed by atoms with Crippen molar-refractivity contribution in [1.82, 2.24) is 19.9 Å². The van der Waals surface area contributed by atoms with Gasteiger partial charge in [-0.1, -0.05) is 20.8 Å². The van der Waals surface area contributed by atoms with Gasteiger partial charge in [0.15, 0.2) is 11.6 Å². The Balaban J connectivity index is 1.73. The van der Waals surface area contributed by atoms with Crippen LogP contribution in [0.4, 0.5) is 0 Å². The number of H-pyrrole nitrogens is 2. The summed E-state index contributed by atoms with van der Waals surface area (Å²) in [6, 6.07) is 5.98. The second-order valence-electron chi connectivity index (χ2n) is 13.6. The third kappa shape index (κ3) is 5.51. The summed E-state index contributed by atoms with van der Waals surface area (Å²) >= 11 is 4.27. The molecule has 5 atom stereocenters. The van der Waals surface area contributed by atoms with Gasteiger partial charge >= 0.3 is 5.97 Å². The highest BCUT2D eigenvalue weighted by molar-refractivity contribution is 7.80. The molecule has 0 saturated carbocycles. The van der Waals surface area contributed by atoms with Crippen LogP contribution in [0.1, 0.15) is 150 Å². The van der Waals surface area contributed by atoms with E-state index in [-0.39, 0.29) is 41.0 Å². The van der Waals surface area contributed by atoms with Crippen LogP contribution < -0.4 is 0 Å². The normalized spacial score (nSPS) is 21.5. The van der Waals surface area contributed by atoms with Crippen LogP contribution in [0.2, 0.25) is 0 Å².